The molecule has 6 unspecified atom stereocenters. The molecule has 0 aromatic heterocycles. The van der Waals surface area contributed by atoms with Gasteiger partial charge in [-0.25, -0.2) is 0 Å². The predicted molar refractivity (Wildman–Crippen MR) is 108 cm³/mol. The highest BCUT2D eigenvalue weighted by atomic mass is 35.5. The average Bonchev–Trinajstić information content (AvgIpc) is 2.94. The predicted octanol–water partition coefficient (Wildman–Crippen LogP) is 3.13. The van der Waals surface area contributed by atoms with Gasteiger partial charge in [0.2, 0.25) is 5.78 Å². The standard InChI is InChI=1S/C23H29ClO6/c1-12(25)30-11-18(28)23(29)9-6-14-13-4-5-15-20(24)16(26)7-8-21(15,2)19(13)17(27)10-22(14,23)3/h13-14,19,29H,4-11H2,1-3H3. The number of ether oxygens (including phenoxy) is 1. The van der Waals surface area contributed by atoms with Gasteiger partial charge in [0.1, 0.15) is 11.4 Å². The highest BCUT2D eigenvalue weighted by Crippen LogP contribution is 2.67. The van der Waals surface area contributed by atoms with E-state index in [0.29, 0.717) is 30.7 Å². The Kier molecular flexibility index (Phi) is 5.06. The van der Waals surface area contributed by atoms with E-state index in [1.54, 1.807) is 0 Å². The molecule has 3 saturated carbocycles. The lowest BCUT2D eigenvalue weighted by atomic mass is 9.46. The Morgan fingerprint density at radius 3 is 2.53 bits per heavy atom. The summed E-state index contributed by atoms with van der Waals surface area (Å²) in [5.74, 6) is -1.29. The maximum Gasteiger partial charge on any atom is 0.303 e. The zero-order valence-electron chi connectivity index (χ0n) is 17.8. The van der Waals surface area contributed by atoms with Crippen molar-refractivity contribution in [2.24, 2.45) is 28.6 Å². The lowest BCUT2D eigenvalue weighted by molar-refractivity contribution is -0.173. The highest BCUT2D eigenvalue weighted by molar-refractivity contribution is 6.43. The second kappa shape index (κ2) is 6.99. The summed E-state index contributed by atoms with van der Waals surface area (Å²) < 4.78 is 4.86. The van der Waals surface area contributed by atoms with Crippen LogP contribution in [0.25, 0.3) is 0 Å². The normalized spacial score (nSPS) is 43.0. The van der Waals surface area contributed by atoms with Crippen molar-refractivity contribution in [2.45, 2.75) is 71.3 Å². The van der Waals surface area contributed by atoms with Gasteiger partial charge >= 0.3 is 5.97 Å². The lowest BCUT2D eigenvalue weighted by Gasteiger charge is -2.57. The number of Topliss-reactive ketones (excluding diaryl/α,β-unsaturated/α-hetero) is 3. The number of esters is 1. The summed E-state index contributed by atoms with van der Waals surface area (Å²) >= 11 is 6.39. The molecule has 0 spiro atoms. The average molecular weight is 437 g/mol. The molecule has 4 aliphatic rings. The maximum atomic E-state index is 13.5. The summed E-state index contributed by atoms with van der Waals surface area (Å²) in [4.78, 5) is 49.7. The number of ketones is 3. The van der Waals surface area contributed by atoms with Crippen LogP contribution in [-0.2, 0) is 23.9 Å². The first-order chi connectivity index (χ1) is 14.0. The summed E-state index contributed by atoms with van der Waals surface area (Å²) in [5.41, 5.74) is -2.08. The fourth-order valence-electron chi connectivity index (χ4n) is 7.22. The van der Waals surface area contributed by atoms with Crippen LogP contribution in [0.1, 0.15) is 65.7 Å². The fourth-order valence-corrected chi connectivity index (χ4v) is 7.63. The van der Waals surface area contributed by atoms with Crippen LogP contribution in [0.5, 0.6) is 0 Å². The Hall–Kier alpha value is -1.53. The van der Waals surface area contributed by atoms with E-state index in [1.807, 2.05) is 6.92 Å². The molecule has 0 heterocycles. The third kappa shape index (κ3) is 2.79. The van der Waals surface area contributed by atoms with Crippen molar-refractivity contribution in [1.29, 1.82) is 0 Å². The molecule has 30 heavy (non-hydrogen) atoms. The van der Waals surface area contributed by atoms with Gasteiger partial charge in [0.25, 0.3) is 0 Å². The van der Waals surface area contributed by atoms with E-state index in [1.165, 1.54) is 6.92 Å². The van der Waals surface area contributed by atoms with E-state index in [4.69, 9.17) is 16.3 Å². The van der Waals surface area contributed by atoms with Gasteiger partial charge in [-0.3, -0.25) is 19.2 Å². The van der Waals surface area contributed by atoms with Gasteiger partial charge < -0.3 is 9.84 Å². The third-order valence-electron chi connectivity index (χ3n) is 8.77. The molecule has 7 heteroatoms. The van der Waals surface area contributed by atoms with Gasteiger partial charge in [-0.1, -0.05) is 25.4 Å². The Balaban J connectivity index is 1.69. The molecule has 0 bridgehead atoms. The van der Waals surface area contributed by atoms with Gasteiger partial charge in [-0.05, 0) is 49.5 Å². The summed E-state index contributed by atoms with van der Waals surface area (Å²) in [7, 11) is 0. The van der Waals surface area contributed by atoms with Crippen molar-refractivity contribution in [1.82, 2.24) is 0 Å². The first-order valence-corrected chi connectivity index (χ1v) is 11.2. The second-order valence-electron chi connectivity index (χ2n) is 10.1. The van der Waals surface area contributed by atoms with E-state index in [0.717, 1.165) is 12.0 Å². The van der Waals surface area contributed by atoms with E-state index in [2.05, 4.69) is 6.92 Å². The van der Waals surface area contributed by atoms with E-state index >= 15 is 0 Å². The van der Waals surface area contributed by atoms with Crippen LogP contribution in [0.4, 0.5) is 0 Å². The number of hydrogen-bond donors (Lipinski definition) is 1. The number of hydrogen-bond acceptors (Lipinski definition) is 6. The van der Waals surface area contributed by atoms with Gasteiger partial charge in [-0.15, -0.1) is 0 Å². The molecule has 6 nitrogen and oxygen atoms in total. The van der Waals surface area contributed by atoms with Crippen molar-refractivity contribution in [2.75, 3.05) is 6.61 Å². The van der Waals surface area contributed by atoms with Crippen molar-refractivity contribution >= 4 is 34.9 Å². The van der Waals surface area contributed by atoms with Crippen molar-refractivity contribution in [3.8, 4) is 0 Å². The van der Waals surface area contributed by atoms with E-state index < -0.39 is 34.8 Å². The Bertz CT molecular complexity index is 877. The number of halogens is 1. The molecule has 0 aromatic rings. The van der Waals surface area contributed by atoms with E-state index in [9.17, 15) is 24.3 Å². The van der Waals surface area contributed by atoms with Crippen LogP contribution in [0.15, 0.2) is 10.6 Å². The first kappa shape index (κ1) is 21.7. The van der Waals surface area contributed by atoms with Crippen LogP contribution in [-0.4, -0.2) is 40.6 Å². The van der Waals surface area contributed by atoms with Crippen LogP contribution < -0.4 is 0 Å². The quantitative estimate of drug-likeness (QED) is 0.682. The Morgan fingerprint density at radius 2 is 1.87 bits per heavy atom. The smallest absolute Gasteiger partial charge is 0.303 e. The molecule has 3 fully saturated rings. The lowest BCUT2D eigenvalue weighted by Crippen LogP contribution is -2.61. The summed E-state index contributed by atoms with van der Waals surface area (Å²) in [5, 5.41) is 11.7. The Labute approximate surface area is 181 Å². The maximum absolute atomic E-state index is 13.5. The minimum atomic E-state index is -1.68. The van der Waals surface area contributed by atoms with Gasteiger partial charge in [0, 0.05) is 36.5 Å². The molecule has 0 saturated heterocycles. The number of rotatable bonds is 3. The molecule has 0 radical (unpaired) electrons. The van der Waals surface area contributed by atoms with Gasteiger partial charge in [0.15, 0.2) is 12.4 Å². The van der Waals surface area contributed by atoms with Crippen LogP contribution in [0.3, 0.4) is 0 Å². The number of allylic oxidation sites excluding steroid dienone is 1. The molecular formula is C23H29ClO6. The number of fused-ring (bicyclic) bond motifs is 5. The minimum absolute atomic E-state index is 0.0151. The molecule has 0 aliphatic heterocycles. The first-order valence-electron chi connectivity index (χ1n) is 10.8. The largest absolute Gasteiger partial charge is 0.458 e. The molecule has 0 aromatic carbocycles. The zero-order chi connectivity index (χ0) is 22.1. The second-order valence-corrected chi connectivity index (χ2v) is 10.5. The molecule has 6 atom stereocenters. The minimum Gasteiger partial charge on any atom is -0.458 e. The van der Waals surface area contributed by atoms with E-state index in [-0.39, 0.29) is 42.2 Å². The number of carbonyl (C=O) groups excluding carboxylic acids is 4. The molecular weight excluding hydrogens is 408 g/mol. The Morgan fingerprint density at radius 1 is 1.17 bits per heavy atom. The number of aliphatic hydroxyl groups is 1. The van der Waals surface area contributed by atoms with Gasteiger partial charge in [0.05, 0.1) is 5.03 Å². The molecule has 4 aliphatic carbocycles. The van der Waals surface area contributed by atoms with Crippen LogP contribution >= 0.6 is 11.6 Å². The molecule has 0 amide bonds. The van der Waals surface area contributed by atoms with Crippen molar-refractivity contribution in [3.63, 3.8) is 0 Å². The van der Waals surface area contributed by atoms with Crippen molar-refractivity contribution in [3.05, 3.63) is 10.6 Å². The summed E-state index contributed by atoms with van der Waals surface area (Å²) in [6, 6.07) is 0. The third-order valence-corrected chi connectivity index (χ3v) is 9.21. The molecule has 4 rings (SSSR count). The molecule has 164 valence electrons. The number of carbonyl (C=O) groups is 4. The van der Waals surface area contributed by atoms with Crippen LogP contribution in [0, 0.1) is 28.6 Å². The zero-order valence-corrected chi connectivity index (χ0v) is 18.5. The summed E-state index contributed by atoms with van der Waals surface area (Å²) in [6.07, 6.45) is 3.38. The fraction of sp³-hybridized carbons (Fsp3) is 0.739. The molecule has 1 N–H and O–H groups in total. The SMILES string of the molecule is CC(=O)OCC(=O)C1(O)CCC2C3CCC4=C(Cl)C(=O)CCC4(C)C3C(=O)CC21C. The van der Waals surface area contributed by atoms with Crippen LogP contribution in [0.2, 0.25) is 0 Å². The van der Waals surface area contributed by atoms with Crippen molar-refractivity contribution < 1.29 is 29.0 Å². The van der Waals surface area contributed by atoms with Gasteiger partial charge in [-0.2, -0.15) is 0 Å². The summed E-state index contributed by atoms with van der Waals surface area (Å²) in [6.45, 7) is 4.65. The highest BCUT2D eigenvalue weighted by Gasteiger charge is 2.68. The monoisotopic (exact) mass is 436 g/mol. The topological polar surface area (TPSA) is 97.7 Å².